The summed E-state index contributed by atoms with van der Waals surface area (Å²) in [6.45, 7) is 6.58. The van der Waals surface area contributed by atoms with Crippen molar-refractivity contribution in [1.29, 1.82) is 0 Å². The molecule has 0 unspecified atom stereocenters. The molecule has 0 radical (unpaired) electrons. The number of thiocarbonyl (C=S) groups is 1. The van der Waals surface area contributed by atoms with E-state index in [1.807, 2.05) is 6.92 Å². The van der Waals surface area contributed by atoms with E-state index in [2.05, 4.69) is 28.9 Å². The molecule has 30 heavy (non-hydrogen) atoms. The van der Waals surface area contributed by atoms with Crippen LogP contribution in [0.1, 0.15) is 59.1 Å². The summed E-state index contributed by atoms with van der Waals surface area (Å²) in [5.41, 5.74) is 3.62. The van der Waals surface area contributed by atoms with E-state index >= 15 is 0 Å². The van der Waals surface area contributed by atoms with Crippen molar-refractivity contribution in [3.05, 3.63) is 64.5 Å². The number of hydrogen-bond donors (Lipinski definition) is 0. The Bertz CT molecular complexity index is 894. The number of halogens is 2. The molecule has 0 atom stereocenters. The summed E-state index contributed by atoms with van der Waals surface area (Å²) >= 11 is 5.65. The number of aryl methyl sites for hydroxylation is 2. The van der Waals surface area contributed by atoms with Gasteiger partial charge in [0, 0.05) is 55.4 Å². The number of ketones is 1. The molecule has 0 N–H and O–H groups in total. The fraction of sp³-hybridized carbons (Fsp3) is 0.458. The zero-order valence-corrected chi connectivity index (χ0v) is 18.6. The Labute approximate surface area is 182 Å². The Morgan fingerprint density at radius 3 is 2.37 bits per heavy atom. The molecule has 1 saturated heterocycles. The van der Waals surface area contributed by atoms with Crippen LogP contribution >= 0.6 is 12.2 Å². The minimum atomic E-state index is -2.89. The van der Waals surface area contributed by atoms with Crippen molar-refractivity contribution in [3.8, 4) is 0 Å². The predicted molar refractivity (Wildman–Crippen MR) is 119 cm³/mol. The van der Waals surface area contributed by atoms with Crippen LogP contribution in [0.3, 0.4) is 0 Å². The number of likely N-dealkylation sites (tertiary alicyclic amines) is 1. The van der Waals surface area contributed by atoms with Crippen LogP contribution in [0.15, 0.2) is 36.4 Å². The lowest BCUT2D eigenvalue weighted by Crippen LogP contribution is -2.39. The topological polar surface area (TPSA) is 33.2 Å². The maximum atomic E-state index is 13.3. The summed E-state index contributed by atoms with van der Waals surface area (Å²) in [6, 6.07) is 9.83. The number of hydrogen-bond acceptors (Lipinski definition) is 3. The van der Waals surface area contributed by atoms with Crippen molar-refractivity contribution in [2.75, 3.05) is 13.1 Å². The first kappa shape index (κ1) is 22.5. The van der Waals surface area contributed by atoms with Gasteiger partial charge in [-0.25, -0.2) is 8.78 Å². The van der Waals surface area contributed by atoms with Gasteiger partial charge in [0.1, 0.15) is 0 Å². The van der Waals surface area contributed by atoms with Gasteiger partial charge in [0.15, 0.2) is 5.78 Å². The number of benzene rings is 1. The quantitative estimate of drug-likeness (QED) is 0.437. The van der Waals surface area contributed by atoms with Gasteiger partial charge in [0.2, 0.25) is 0 Å². The Balaban J connectivity index is 1.50. The molecular weight excluding hydrogens is 402 g/mol. The summed E-state index contributed by atoms with van der Waals surface area (Å²) in [6.07, 6.45) is 2.91. The molecule has 160 valence electrons. The molecule has 0 saturated carbocycles. The van der Waals surface area contributed by atoms with Gasteiger partial charge in [0.25, 0.3) is 5.92 Å². The first-order chi connectivity index (χ1) is 14.1. The van der Waals surface area contributed by atoms with E-state index < -0.39 is 5.92 Å². The number of Topliss-reactive ketones (excluding diaryl/α,β-unsaturated/α-hetero) is 1. The molecule has 0 bridgehead atoms. The molecule has 1 fully saturated rings. The summed E-state index contributed by atoms with van der Waals surface area (Å²) in [4.78, 5) is 20.2. The smallest absolute Gasteiger partial charge is 0.270 e. The minimum absolute atomic E-state index is 0.0152. The summed E-state index contributed by atoms with van der Waals surface area (Å²) < 4.78 is 26.7. The van der Waals surface area contributed by atoms with Crippen LogP contribution in [-0.4, -0.2) is 33.7 Å². The number of carbonyl (C=O) groups excluding carboxylic acids is 1. The van der Waals surface area contributed by atoms with E-state index in [-0.39, 0.29) is 11.3 Å². The van der Waals surface area contributed by atoms with Gasteiger partial charge in [-0.2, -0.15) is 0 Å². The second kappa shape index (κ2) is 9.29. The summed E-state index contributed by atoms with van der Waals surface area (Å²) in [5.74, 6) is -2.58. The highest BCUT2D eigenvalue weighted by Gasteiger charge is 2.26. The maximum Gasteiger partial charge on any atom is 0.270 e. The fourth-order valence-electron chi connectivity index (χ4n) is 4.00. The lowest BCUT2D eigenvalue weighted by Gasteiger charge is -2.33. The van der Waals surface area contributed by atoms with Crippen molar-refractivity contribution in [2.45, 2.75) is 52.4 Å². The second-order valence-electron chi connectivity index (χ2n) is 8.37. The molecule has 0 aliphatic carbocycles. The summed E-state index contributed by atoms with van der Waals surface area (Å²) in [5, 5.41) is 0. The normalized spacial score (nSPS) is 15.3. The standard InChI is InChI=1S/C24H28F2N2OS/c1-16-12-17(2)27-21(13-16)15-23(30)28-10-8-18(9-11-28)14-22(29)19-4-6-20(7-5-19)24(3,25)26/h4-7,12-13,18H,8-11,14-15H2,1-3H3. The van der Waals surface area contributed by atoms with Crippen LogP contribution in [0.4, 0.5) is 8.78 Å². The summed E-state index contributed by atoms with van der Waals surface area (Å²) in [7, 11) is 0. The molecule has 3 rings (SSSR count). The van der Waals surface area contributed by atoms with E-state index in [1.165, 1.54) is 29.8 Å². The number of aromatic nitrogens is 1. The molecule has 1 aromatic carbocycles. The van der Waals surface area contributed by atoms with Crippen molar-refractivity contribution in [1.82, 2.24) is 9.88 Å². The van der Waals surface area contributed by atoms with Crippen LogP contribution < -0.4 is 0 Å². The Kier molecular flexibility index (Phi) is 6.96. The largest absolute Gasteiger partial charge is 0.366 e. The maximum absolute atomic E-state index is 13.3. The molecule has 1 aliphatic heterocycles. The van der Waals surface area contributed by atoms with E-state index in [0.29, 0.717) is 24.3 Å². The van der Waals surface area contributed by atoms with Gasteiger partial charge in [0.05, 0.1) is 4.99 Å². The minimum Gasteiger partial charge on any atom is -0.366 e. The Morgan fingerprint density at radius 1 is 1.17 bits per heavy atom. The van der Waals surface area contributed by atoms with Gasteiger partial charge in [-0.15, -0.1) is 0 Å². The number of rotatable bonds is 6. The number of pyridine rings is 1. The molecule has 1 aliphatic rings. The lowest BCUT2D eigenvalue weighted by molar-refractivity contribution is 0.0174. The van der Waals surface area contributed by atoms with E-state index in [9.17, 15) is 13.6 Å². The molecule has 1 aromatic heterocycles. The lowest BCUT2D eigenvalue weighted by atomic mass is 9.89. The van der Waals surface area contributed by atoms with Crippen molar-refractivity contribution in [3.63, 3.8) is 0 Å². The van der Waals surface area contributed by atoms with Gasteiger partial charge in [-0.1, -0.05) is 36.5 Å². The fourth-order valence-corrected chi connectivity index (χ4v) is 4.33. The second-order valence-corrected chi connectivity index (χ2v) is 8.84. The van der Waals surface area contributed by atoms with Gasteiger partial charge >= 0.3 is 0 Å². The molecule has 2 aromatic rings. The highest BCUT2D eigenvalue weighted by molar-refractivity contribution is 7.80. The third-order valence-electron chi connectivity index (χ3n) is 5.64. The molecular formula is C24H28F2N2OS. The third-order valence-corrected chi connectivity index (χ3v) is 6.04. The number of nitrogens with zero attached hydrogens (tertiary/aromatic N) is 2. The molecule has 6 heteroatoms. The third kappa shape index (κ3) is 5.91. The average molecular weight is 431 g/mol. The molecule has 3 nitrogen and oxygen atoms in total. The number of piperidine rings is 1. The van der Waals surface area contributed by atoms with E-state index in [4.69, 9.17) is 12.2 Å². The van der Waals surface area contributed by atoms with E-state index in [1.54, 1.807) is 0 Å². The molecule has 0 amide bonds. The first-order valence-electron chi connectivity index (χ1n) is 10.4. The Morgan fingerprint density at radius 2 is 1.80 bits per heavy atom. The molecule has 2 heterocycles. The van der Waals surface area contributed by atoms with Crippen LogP contribution in [-0.2, 0) is 12.3 Å². The zero-order valence-electron chi connectivity index (χ0n) is 17.8. The van der Waals surface area contributed by atoms with Gasteiger partial charge in [-0.3, -0.25) is 9.78 Å². The highest BCUT2D eigenvalue weighted by atomic mass is 32.1. The highest BCUT2D eigenvalue weighted by Crippen LogP contribution is 2.28. The average Bonchev–Trinajstić information content (AvgIpc) is 2.67. The Hall–Kier alpha value is -2.21. The predicted octanol–water partition coefficient (Wildman–Crippen LogP) is 5.67. The van der Waals surface area contributed by atoms with Crippen LogP contribution in [0, 0.1) is 19.8 Å². The van der Waals surface area contributed by atoms with Gasteiger partial charge < -0.3 is 4.90 Å². The zero-order chi connectivity index (χ0) is 21.9. The van der Waals surface area contributed by atoms with E-state index in [0.717, 1.165) is 49.2 Å². The van der Waals surface area contributed by atoms with Crippen molar-refractivity contribution < 1.29 is 13.6 Å². The van der Waals surface area contributed by atoms with Gasteiger partial charge in [-0.05, 0) is 50.3 Å². The van der Waals surface area contributed by atoms with Crippen LogP contribution in [0.25, 0.3) is 0 Å². The SMILES string of the molecule is Cc1cc(C)nc(CC(=S)N2CCC(CC(=O)c3ccc(C(C)(F)F)cc3)CC2)c1. The monoisotopic (exact) mass is 430 g/mol. The molecule has 0 spiro atoms. The first-order valence-corrected chi connectivity index (χ1v) is 10.8. The number of alkyl halides is 2. The van der Waals surface area contributed by atoms with Crippen LogP contribution in [0.5, 0.6) is 0 Å². The van der Waals surface area contributed by atoms with Crippen molar-refractivity contribution >= 4 is 23.0 Å². The van der Waals surface area contributed by atoms with Crippen molar-refractivity contribution in [2.24, 2.45) is 5.92 Å². The number of carbonyl (C=O) groups is 1. The van der Waals surface area contributed by atoms with Crippen LogP contribution in [0.2, 0.25) is 0 Å².